The van der Waals surface area contributed by atoms with Crippen molar-refractivity contribution in [2.45, 2.75) is 24.8 Å². The zero-order valence-corrected chi connectivity index (χ0v) is 14.2. The van der Waals surface area contributed by atoms with Crippen molar-refractivity contribution in [2.75, 3.05) is 26.0 Å². The second-order valence-corrected chi connectivity index (χ2v) is 6.88. The minimum absolute atomic E-state index is 0.755. The second-order valence-electron chi connectivity index (χ2n) is 4.77. The molecule has 0 atom stereocenters. The van der Waals surface area contributed by atoms with Crippen LogP contribution in [0.5, 0.6) is 0 Å². The number of methoxy groups -OCH3 is 1. The zero-order chi connectivity index (χ0) is 14.9. The number of hydrogen-bond donors (Lipinski definition) is 1. The van der Waals surface area contributed by atoms with Crippen molar-refractivity contribution in [3.8, 4) is 0 Å². The fourth-order valence-corrected chi connectivity index (χ4v) is 3.72. The number of aryl methyl sites for hydroxylation is 2. The molecule has 2 rings (SSSR count). The van der Waals surface area contributed by atoms with Crippen LogP contribution in [-0.4, -0.2) is 31.0 Å². The van der Waals surface area contributed by atoms with Crippen LogP contribution in [0.15, 0.2) is 34.7 Å². The number of benzene rings is 1. The van der Waals surface area contributed by atoms with Crippen LogP contribution in [0.2, 0.25) is 0 Å². The fourth-order valence-electron chi connectivity index (χ4n) is 1.94. The lowest BCUT2D eigenvalue weighted by Crippen LogP contribution is -2.18. The Morgan fingerprint density at radius 3 is 2.76 bits per heavy atom. The number of nitrogens with zero attached hydrogens (tertiary/aromatic N) is 1. The maximum atomic E-state index is 5.01. The molecule has 21 heavy (non-hydrogen) atoms. The standard InChI is InChI=1S/C16H22N2OS2/c1-13-16(21-12-18-13)7-10-20-15-5-3-14(4-6-15)11-17-8-9-19-2/h3-6,12,17H,7-11H2,1-2H3. The molecule has 0 bridgehead atoms. The van der Waals surface area contributed by atoms with Crippen molar-refractivity contribution < 1.29 is 4.74 Å². The van der Waals surface area contributed by atoms with E-state index in [-0.39, 0.29) is 0 Å². The first-order valence-corrected chi connectivity index (χ1v) is 8.96. The van der Waals surface area contributed by atoms with Gasteiger partial charge >= 0.3 is 0 Å². The van der Waals surface area contributed by atoms with Gasteiger partial charge in [-0.3, -0.25) is 0 Å². The van der Waals surface area contributed by atoms with Crippen molar-refractivity contribution >= 4 is 23.1 Å². The molecular formula is C16H22N2OS2. The first-order valence-electron chi connectivity index (χ1n) is 7.10. The predicted molar refractivity (Wildman–Crippen MR) is 91.3 cm³/mol. The van der Waals surface area contributed by atoms with Gasteiger partial charge in [0.15, 0.2) is 0 Å². The maximum absolute atomic E-state index is 5.01. The van der Waals surface area contributed by atoms with Crippen molar-refractivity contribution in [3.63, 3.8) is 0 Å². The van der Waals surface area contributed by atoms with Crippen molar-refractivity contribution in [1.29, 1.82) is 0 Å². The summed E-state index contributed by atoms with van der Waals surface area (Å²) in [7, 11) is 1.72. The summed E-state index contributed by atoms with van der Waals surface area (Å²) >= 11 is 3.66. The van der Waals surface area contributed by atoms with E-state index in [4.69, 9.17) is 4.74 Å². The molecule has 1 aromatic heterocycles. The second kappa shape index (κ2) is 9.20. The van der Waals surface area contributed by atoms with E-state index in [1.54, 1.807) is 18.4 Å². The molecule has 0 aliphatic carbocycles. The summed E-state index contributed by atoms with van der Waals surface area (Å²) in [6.07, 6.45) is 1.10. The van der Waals surface area contributed by atoms with Gasteiger partial charge in [0.1, 0.15) is 0 Å². The lowest BCUT2D eigenvalue weighted by Gasteiger charge is -2.06. The lowest BCUT2D eigenvalue weighted by atomic mass is 10.2. The van der Waals surface area contributed by atoms with Gasteiger partial charge in [0.05, 0.1) is 17.8 Å². The van der Waals surface area contributed by atoms with E-state index in [2.05, 4.69) is 41.5 Å². The monoisotopic (exact) mass is 322 g/mol. The molecule has 1 N–H and O–H groups in total. The Morgan fingerprint density at radius 1 is 1.29 bits per heavy atom. The summed E-state index contributed by atoms with van der Waals surface area (Å²) in [6.45, 7) is 4.63. The van der Waals surface area contributed by atoms with Crippen LogP contribution >= 0.6 is 23.1 Å². The van der Waals surface area contributed by atoms with Gasteiger partial charge in [-0.1, -0.05) is 12.1 Å². The molecule has 0 unspecified atom stereocenters. The normalized spacial score (nSPS) is 11.0. The highest BCUT2D eigenvalue weighted by Gasteiger charge is 2.02. The molecular weight excluding hydrogens is 300 g/mol. The van der Waals surface area contributed by atoms with Gasteiger partial charge in [-0.15, -0.1) is 23.1 Å². The van der Waals surface area contributed by atoms with Crippen LogP contribution in [-0.2, 0) is 17.7 Å². The third-order valence-electron chi connectivity index (χ3n) is 3.18. The van der Waals surface area contributed by atoms with Crippen LogP contribution in [0.3, 0.4) is 0 Å². The van der Waals surface area contributed by atoms with Crippen molar-refractivity contribution in [3.05, 3.63) is 45.9 Å². The van der Waals surface area contributed by atoms with Crippen molar-refractivity contribution in [2.24, 2.45) is 0 Å². The van der Waals surface area contributed by atoms with E-state index >= 15 is 0 Å². The summed E-state index contributed by atoms with van der Waals surface area (Å²) in [5.74, 6) is 1.11. The SMILES string of the molecule is COCCNCc1ccc(SCCc2scnc2C)cc1. The quantitative estimate of drug-likeness (QED) is 0.566. The minimum atomic E-state index is 0.755. The van der Waals surface area contributed by atoms with Crippen LogP contribution in [0.4, 0.5) is 0 Å². The summed E-state index contributed by atoms with van der Waals surface area (Å²) in [5.41, 5.74) is 4.42. The fraction of sp³-hybridized carbons (Fsp3) is 0.438. The highest BCUT2D eigenvalue weighted by Crippen LogP contribution is 2.22. The summed E-state index contributed by atoms with van der Waals surface area (Å²) in [5, 5.41) is 3.35. The van der Waals surface area contributed by atoms with E-state index in [1.165, 1.54) is 21.0 Å². The number of hydrogen-bond acceptors (Lipinski definition) is 5. The summed E-state index contributed by atoms with van der Waals surface area (Å²) < 4.78 is 5.01. The number of thioether (sulfide) groups is 1. The molecule has 0 fully saturated rings. The number of nitrogens with one attached hydrogen (secondary N) is 1. The van der Waals surface area contributed by atoms with Gasteiger partial charge in [-0.2, -0.15) is 0 Å². The average molecular weight is 322 g/mol. The third kappa shape index (κ3) is 5.79. The molecule has 2 aromatic rings. The van der Waals surface area contributed by atoms with Gasteiger partial charge < -0.3 is 10.1 Å². The molecule has 0 saturated carbocycles. The maximum Gasteiger partial charge on any atom is 0.0797 e. The molecule has 0 aliphatic rings. The largest absolute Gasteiger partial charge is 0.383 e. The van der Waals surface area contributed by atoms with Gasteiger partial charge in [0, 0.05) is 35.7 Å². The van der Waals surface area contributed by atoms with Crippen LogP contribution in [0.25, 0.3) is 0 Å². The molecule has 1 heterocycles. The first kappa shape index (κ1) is 16.5. The molecule has 0 aliphatic heterocycles. The minimum Gasteiger partial charge on any atom is -0.383 e. The third-order valence-corrected chi connectivity index (χ3v) is 5.19. The topological polar surface area (TPSA) is 34.1 Å². The van der Waals surface area contributed by atoms with Gasteiger partial charge in [0.2, 0.25) is 0 Å². The molecule has 0 radical (unpaired) electrons. The Kier molecular flexibility index (Phi) is 7.23. The number of rotatable bonds is 9. The van der Waals surface area contributed by atoms with E-state index in [0.29, 0.717) is 0 Å². The van der Waals surface area contributed by atoms with Gasteiger partial charge in [0.25, 0.3) is 0 Å². The van der Waals surface area contributed by atoms with Gasteiger partial charge in [-0.25, -0.2) is 4.98 Å². The molecule has 3 nitrogen and oxygen atoms in total. The average Bonchev–Trinajstić information content (AvgIpc) is 2.91. The molecule has 1 aromatic carbocycles. The van der Waals surface area contributed by atoms with Crippen LogP contribution in [0.1, 0.15) is 16.1 Å². The van der Waals surface area contributed by atoms with E-state index in [0.717, 1.165) is 31.9 Å². The van der Waals surface area contributed by atoms with E-state index in [1.807, 2.05) is 17.3 Å². The molecule has 114 valence electrons. The highest BCUT2D eigenvalue weighted by atomic mass is 32.2. The Bertz CT molecular complexity index is 525. The lowest BCUT2D eigenvalue weighted by molar-refractivity contribution is 0.199. The number of ether oxygens (including phenoxy) is 1. The van der Waals surface area contributed by atoms with E-state index in [9.17, 15) is 0 Å². The Balaban J connectivity index is 1.71. The van der Waals surface area contributed by atoms with Crippen LogP contribution in [0, 0.1) is 6.92 Å². The molecule has 0 spiro atoms. The number of thiazole rings is 1. The number of aromatic nitrogens is 1. The predicted octanol–water partition coefficient (Wildman–Crippen LogP) is 3.52. The Hall–Kier alpha value is -0.880. The van der Waals surface area contributed by atoms with E-state index < -0.39 is 0 Å². The summed E-state index contributed by atoms with van der Waals surface area (Å²) in [4.78, 5) is 7.02. The summed E-state index contributed by atoms with van der Waals surface area (Å²) in [6, 6.07) is 8.80. The Labute approximate surface area is 135 Å². The molecule has 5 heteroatoms. The van der Waals surface area contributed by atoms with Crippen molar-refractivity contribution in [1.82, 2.24) is 10.3 Å². The van der Waals surface area contributed by atoms with Gasteiger partial charge in [-0.05, 0) is 31.0 Å². The highest BCUT2D eigenvalue weighted by molar-refractivity contribution is 7.99. The van der Waals surface area contributed by atoms with Crippen LogP contribution < -0.4 is 5.32 Å². The zero-order valence-electron chi connectivity index (χ0n) is 12.6. The first-order chi connectivity index (χ1) is 10.3. The molecule has 0 saturated heterocycles. The Morgan fingerprint density at radius 2 is 2.10 bits per heavy atom. The molecule has 0 amide bonds. The smallest absolute Gasteiger partial charge is 0.0797 e.